The van der Waals surface area contributed by atoms with Crippen molar-refractivity contribution in [1.29, 1.82) is 73.7 Å². The summed E-state index contributed by atoms with van der Waals surface area (Å²) in [7, 11) is 0. The van der Waals surface area contributed by atoms with Crippen LogP contribution in [0.4, 0.5) is 0 Å². The molecule has 4 heterocycles. The Morgan fingerprint density at radius 3 is 0.845 bits per heavy atom. The standard InChI is InChI=1S/C13H10N8.C11H16N6O.2C10H14N6/c1-2-11(3-14)19-8-20(12(4-15)5-16)10-21(9-19)13(6-17)7-18;1-2-18-11-16(7-4-13)9-15(6-3-12)10-17(11)8-5-14;2*1-10-15(6-3-12)8-14(5-2-11)9-16(10)7-4-13/h1,11-13H,8-10H2;11H,2,6-10H2,1H3;2*10H,5-9H2,1H3. The van der Waals surface area contributed by atoms with Crippen LogP contribution in [0.3, 0.4) is 0 Å². The van der Waals surface area contributed by atoms with Crippen LogP contribution < -0.4 is 0 Å². The highest BCUT2D eigenvalue weighted by molar-refractivity contribution is 5.16. The Labute approximate surface area is 416 Å². The minimum atomic E-state index is -1.05. The fourth-order valence-electron chi connectivity index (χ4n) is 7.40. The average molecular weight is 963 g/mol. The van der Waals surface area contributed by atoms with Crippen molar-refractivity contribution in [3.8, 4) is 97.3 Å². The first-order valence-corrected chi connectivity index (χ1v) is 21.6. The van der Waals surface area contributed by atoms with E-state index in [-0.39, 0.29) is 58.3 Å². The summed E-state index contributed by atoms with van der Waals surface area (Å²) in [6.07, 6.45) is 5.03. The number of nitriles is 14. The molecule has 27 nitrogen and oxygen atoms in total. The summed E-state index contributed by atoms with van der Waals surface area (Å²) in [5.41, 5.74) is 0. The summed E-state index contributed by atoms with van der Waals surface area (Å²) in [5.74, 6) is 2.29. The van der Waals surface area contributed by atoms with Crippen LogP contribution in [0, 0.1) is 171 Å². The Balaban J connectivity index is 0.000000476. The molecule has 0 aromatic heterocycles. The van der Waals surface area contributed by atoms with Gasteiger partial charge in [0.25, 0.3) is 0 Å². The zero-order chi connectivity index (χ0) is 53.1. The van der Waals surface area contributed by atoms with Crippen molar-refractivity contribution in [1.82, 2.24) is 58.8 Å². The van der Waals surface area contributed by atoms with Crippen LogP contribution in [0.2, 0.25) is 0 Å². The van der Waals surface area contributed by atoms with Crippen LogP contribution in [0.1, 0.15) is 20.8 Å². The molecule has 366 valence electrons. The third-order valence-corrected chi connectivity index (χ3v) is 10.8. The van der Waals surface area contributed by atoms with Gasteiger partial charge in [-0.05, 0) is 20.8 Å². The molecule has 0 radical (unpaired) electrons. The smallest absolute Gasteiger partial charge is 0.188 e. The second kappa shape index (κ2) is 35.1. The van der Waals surface area contributed by atoms with Crippen molar-refractivity contribution in [2.75, 3.05) is 126 Å². The van der Waals surface area contributed by atoms with Crippen LogP contribution in [-0.2, 0) is 4.74 Å². The number of ether oxygens (including phenoxy) is 1. The minimum absolute atomic E-state index is 0.0641. The molecule has 1 atom stereocenters. The molecule has 4 aliphatic rings. The van der Waals surface area contributed by atoms with Crippen LogP contribution in [0.25, 0.3) is 0 Å². The van der Waals surface area contributed by atoms with Crippen LogP contribution in [0.5, 0.6) is 0 Å². The van der Waals surface area contributed by atoms with Crippen molar-refractivity contribution in [2.24, 2.45) is 0 Å². The predicted octanol–water partition coefficient (Wildman–Crippen LogP) is -1.68. The number of hydrogen-bond donors (Lipinski definition) is 0. The molecule has 0 bridgehead atoms. The summed E-state index contributed by atoms with van der Waals surface area (Å²) in [4.78, 5) is 21.5. The largest absolute Gasteiger partial charge is 0.350 e. The molecule has 27 heteroatoms. The van der Waals surface area contributed by atoms with E-state index in [0.717, 1.165) is 0 Å². The second-order valence-electron chi connectivity index (χ2n) is 15.5. The van der Waals surface area contributed by atoms with Gasteiger partial charge >= 0.3 is 0 Å². The molecule has 1 unspecified atom stereocenters. The van der Waals surface area contributed by atoms with E-state index in [9.17, 15) is 0 Å². The Bertz CT molecular complexity index is 2060. The lowest BCUT2D eigenvalue weighted by molar-refractivity contribution is -0.199. The molecule has 0 aromatic carbocycles. The van der Waals surface area contributed by atoms with E-state index in [1.54, 1.807) is 0 Å². The summed E-state index contributed by atoms with van der Waals surface area (Å²) in [6, 6.07) is 25.0. The summed E-state index contributed by atoms with van der Waals surface area (Å²) >= 11 is 0. The van der Waals surface area contributed by atoms with Gasteiger partial charge in [0.2, 0.25) is 0 Å². The lowest BCUT2D eigenvalue weighted by atomic mass is 10.2. The maximum absolute atomic E-state index is 9.03. The maximum Gasteiger partial charge on any atom is 0.188 e. The average Bonchev–Trinajstić information content (AvgIpc) is 3.35. The Hall–Kier alpha value is -8.10. The topological polar surface area (TPSA) is 381 Å². The summed E-state index contributed by atoms with van der Waals surface area (Å²) in [5, 5.41) is 123. The van der Waals surface area contributed by atoms with Crippen LogP contribution in [-0.4, -0.2) is 221 Å². The SMILES string of the molecule is C#CC(C#N)N1CN(C(C#N)C#N)CN(C(C#N)C#N)C1.CC1N(CC#N)CN(CC#N)CN1CC#N.CC1N(CC#N)CN(CC#N)CN1CC#N.CCOC1N(CC#N)CN(CC#N)CN1CC#N. The molecule has 0 saturated carbocycles. The molecule has 4 fully saturated rings. The van der Waals surface area contributed by atoms with Gasteiger partial charge in [0.1, 0.15) is 0 Å². The summed E-state index contributed by atoms with van der Waals surface area (Å²) < 4.78 is 5.58. The first-order valence-electron chi connectivity index (χ1n) is 21.6. The monoisotopic (exact) mass is 962 g/mol. The molecule has 4 rings (SSSR count). The first-order chi connectivity index (χ1) is 34.3. The quantitative estimate of drug-likeness (QED) is 0.139. The lowest BCUT2D eigenvalue weighted by Gasteiger charge is -2.45. The van der Waals surface area contributed by atoms with Gasteiger partial charge in [-0.25, -0.2) is 19.6 Å². The lowest BCUT2D eigenvalue weighted by Crippen LogP contribution is -2.62. The molecule has 0 aliphatic carbocycles. The molecule has 0 spiro atoms. The molecule has 71 heavy (non-hydrogen) atoms. The zero-order valence-electron chi connectivity index (χ0n) is 40.0. The highest BCUT2D eigenvalue weighted by atomic mass is 16.5. The molecule has 0 aromatic rings. The van der Waals surface area contributed by atoms with Crippen molar-refractivity contribution < 1.29 is 4.74 Å². The van der Waals surface area contributed by atoms with Gasteiger partial charge in [-0.2, -0.15) is 73.7 Å². The van der Waals surface area contributed by atoms with E-state index < -0.39 is 18.1 Å². The van der Waals surface area contributed by atoms with E-state index in [1.165, 1.54) is 14.7 Å². The molecule has 0 amide bonds. The molecule has 4 saturated heterocycles. The molecular formula is C44H54N26O. The van der Waals surface area contributed by atoms with Crippen LogP contribution in [0.15, 0.2) is 0 Å². The normalized spacial score (nSPS) is 19.0. The fraction of sp³-hybridized carbons (Fsp3) is 0.636. The minimum Gasteiger partial charge on any atom is -0.350 e. The van der Waals surface area contributed by atoms with Gasteiger partial charge in [0.05, 0.1) is 216 Å². The number of rotatable bonds is 14. The highest BCUT2D eigenvalue weighted by Gasteiger charge is 2.36. The van der Waals surface area contributed by atoms with E-state index in [1.807, 2.05) is 95.2 Å². The van der Waals surface area contributed by atoms with E-state index in [4.69, 9.17) is 84.8 Å². The summed E-state index contributed by atoms with van der Waals surface area (Å²) in [6.45, 7) is 12.6. The molecular weight excluding hydrogens is 909 g/mol. The molecule has 0 N–H and O–H groups in total. The Morgan fingerprint density at radius 1 is 0.380 bits per heavy atom. The Kier molecular flexibility index (Phi) is 30.1. The molecule has 4 aliphatic heterocycles. The van der Waals surface area contributed by atoms with Crippen molar-refractivity contribution in [2.45, 2.75) is 57.6 Å². The van der Waals surface area contributed by atoms with Gasteiger partial charge in [-0.15, -0.1) is 6.42 Å². The maximum atomic E-state index is 9.03. The number of terminal acetylenes is 1. The van der Waals surface area contributed by atoms with E-state index in [2.05, 4.69) is 60.5 Å². The zero-order valence-corrected chi connectivity index (χ0v) is 40.0. The van der Waals surface area contributed by atoms with Gasteiger partial charge < -0.3 is 4.74 Å². The van der Waals surface area contributed by atoms with E-state index in [0.29, 0.717) is 85.9 Å². The first kappa shape index (κ1) is 60.9. The third-order valence-electron chi connectivity index (χ3n) is 10.8. The van der Waals surface area contributed by atoms with Crippen molar-refractivity contribution in [3.63, 3.8) is 0 Å². The number of hydrogen-bond acceptors (Lipinski definition) is 27. The van der Waals surface area contributed by atoms with Crippen LogP contribution >= 0.6 is 0 Å². The van der Waals surface area contributed by atoms with Gasteiger partial charge in [0.15, 0.2) is 24.5 Å². The van der Waals surface area contributed by atoms with Gasteiger partial charge in [-0.1, -0.05) is 5.92 Å². The van der Waals surface area contributed by atoms with Gasteiger partial charge in [-0.3, -0.25) is 39.2 Å². The van der Waals surface area contributed by atoms with Gasteiger partial charge in [0, 0.05) is 6.61 Å². The van der Waals surface area contributed by atoms with Crippen molar-refractivity contribution >= 4 is 0 Å². The fourth-order valence-corrected chi connectivity index (χ4v) is 7.40. The highest BCUT2D eigenvalue weighted by Crippen LogP contribution is 2.18. The van der Waals surface area contributed by atoms with E-state index >= 15 is 0 Å². The van der Waals surface area contributed by atoms with Crippen molar-refractivity contribution in [3.05, 3.63) is 0 Å². The Morgan fingerprint density at radius 2 is 0.620 bits per heavy atom. The second-order valence-corrected chi connectivity index (χ2v) is 15.5. The number of nitrogens with zero attached hydrogens (tertiary/aromatic N) is 26. The third kappa shape index (κ3) is 19.8. The predicted molar refractivity (Wildman–Crippen MR) is 243 cm³/mol.